The van der Waals surface area contributed by atoms with Gasteiger partial charge in [-0.1, -0.05) is 6.42 Å². The van der Waals surface area contributed by atoms with Gasteiger partial charge in [0.25, 0.3) is 0 Å². The minimum atomic E-state index is -0.338. The van der Waals surface area contributed by atoms with Gasteiger partial charge in [0.2, 0.25) is 0 Å². The molecule has 1 saturated carbocycles. The van der Waals surface area contributed by atoms with Gasteiger partial charge in [0.1, 0.15) is 11.6 Å². The van der Waals surface area contributed by atoms with E-state index in [9.17, 15) is 4.39 Å². The Hall–Kier alpha value is -1.09. The van der Waals surface area contributed by atoms with Crippen molar-refractivity contribution in [1.29, 1.82) is 0 Å². The van der Waals surface area contributed by atoms with E-state index in [0.29, 0.717) is 23.8 Å². The van der Waals surface area contributed by atoms with Gasteiger partial charge in [-0.3, -0.25) is 0 Å². The Bertz CT molecular complexity index is 334. The number of aliphatic hydroxyl groups is 1. The molecule has 1 aliphatic rings. The van der Waals surface area contributed by atoms with Crippen LogP contribution in [0.3, 0.4) is 0 Å². The van der Waals surface area contributed by atoms with Gasteiger partial charge in [0.15, 0.2) is 0 Å². The minimum absolute atomic E-state index is 0.183. The molecule has 0 aromatic heterocycles. The van der Waals surface area contributed by atoms with Gasteiger partial charge >= 0.3 is 0 Å². The number of hydrogen-bond donors (Lipinski definition) is 1. The monoisotopic (exact) mass is 210 g/mol. The first-order chi connectivity index (χ1) is 7.29. The molecule has 0 amide bonds. The summed E-state index contributed by atoms with van der Waals surface area (Å²) in [5.74, 6) is 0.905. The number of rotatable bonds is 4. The van der Waals surface area contributed by atoms with E-state index in [-0.39, 0.29) is 12.4 Å². The van der Waals surface area contributed by atoms with Crippen LogP contribution in [-0.4, -0.2) is 11.7 Å². The van der Waals surface area contributed by atoms with E-state index in [1.165, 1.54) is 31.4 Å². The maximum Gasteiger partial charge on any atom is 0.125 e. The quantitative estimate of drug-likeness (QED) is 0.827. The third-order valence-corrected chi connectivity index (χ3v) is 2.89. The number of ether oxygens (including phenoxy) is 1. The maximum absolute atomic E-state index is 12.8. The predicted octanol–water partition coefficient (Wildman–Crippen LogP) is 2.50. The van der Waals surface area contributed by atoms with E-state index in [2.05, 4.69) is 0 Å². The average Bonchev–Trinajstić information content (AvgIpc) is 2.17. The van der Waals surface area contributed by atoms with Crippen molar-refractivity contribution in [3.05, 3.63) is 29.6 Å². The third kappa shape index (κ3) is 2.48. The molecule has 0 aliphatic heterocycles. The molecule has 0 saturated heterocycles. The molecular weight excluding hydrogens is 195 g/mol. The zero-order valence-corrected chi connectivity index (χ0v) is 8.58. The van der Waals surface area contributed by atoms with Crippen LogP contribution >= 0.6 is 0 Å². The fourth-order valence-electron chi connectivity index (χ4n) is 1.68. The molecule has 2 rings (SSSR count). The molecule has 0 atom stereocenters. The summed E-state index contributed by atoms with van der Waals surface area (Å²) in [5, 5.41) is 9.03. The van der Waals surface area contributed by atoms with E-state index in [0.717, 1.165) is 0 Å². The average molecular weight is 210 g/mol. The van der Waals surface area contributed by atoms with Gasteiger partial charge in [-0.05, 0) is 37.0 Å². The third-order valence-electron chi connectivity index (χ3n) is 2.89. The molecule has 3 heteroatoms. The van der Waals surface area contributed by atoms with E-state index in [4.69, 9.17) is 9.84 Å². The summed E-state index contributed by atoms with van der Waals surface area (Å²) in [5.41, 5.74) is 0.523. The molecule has 1 aliphatic carbocycles. The Morgan fingerprint density at radius 1 is 1.40 bits per heavy atom. The molecule has 1 aromatic rings. The first kappa shape index (κ1) is 10.4. The molecular formula is C12H15FO2. The topological polar surface area (TPSA) is 29.5 Å². The van der Waals surface area contributed by atoms with Crippen LogP contribution in [0.5, 0.6) is 5.75 Å². The van der Waals surface area contributed by atoms with Crippen molar-refractivity contribution >= 4 is 0 Å². The molecule has 1 N–H and O–H groups in total. The zero-order chi connectivity index (χ0) is 10.7. The lowest BCUT2D eigenvalue weighted by Gasteiger charge is -2.25. The maximum atomic E-state index is 12.8. The summed E-state index contributed by atoms with van der Waals surface area (Å²) in [6.07, 6.45) is 3.72. The van der Waals surface area contributed by atoms with Crippen LogP contribution in [0.2, 0.25) is 0 Å². The van der Waals surface area contributed by atoms with Crippen LogP contribution in [0, 0.1) is 11.7 Å². The number of hydrogen-bond acceptors (Lipinski definition) is 2. The lowest BCUT2D eigenvalue weighted by Crippen LogP contribution is -2.19. The Balaban J connectivity index is 1.99. The summed E-state index contributed by atoms with van der Waals surface area (Å²) >= 11 is 0. The van der Waals surface area contributed by atoms with Crippen LogP contribution in [0.25, 0.3) is 0 Å². The second-order valence-electron chi connectivity index (χ2n) is 4.02. The minimum Gasteiger partial charge on any atom is -0.493 e. The fourth-order valence-corrected chi connectivity index (χ4v) is 1.68. The van der Waals surface area contributed by atoms with E-state index >= 15 is 0 Å². The highest BCUT2D eigenvalue weighted by molar-refractivity contribution is 5.33. The number of benzene rings is 1. The van der Waals surface area contributed by atoms with Gasteiger partial charge in [-0.15, -0.1) is 0 Å². The van der Waals surface area contributed by atoms with Crippen molar-refractivity contribution in [3.8, 4) is 5.75 Å². The molecule has 0 unspecified atom stereocenters. The Kier molecular flexibility index (Phi) is 3.21. The molecule has 0 spiro atoms. The first-order valence-corrected chi connectivity index (χ1v) is 5.31. The highest BCUT2D eigenvalue weighted by Gasteiger charge is 2.18. The molecule has 1 aromatic carbocycles. The molecule has 82 valence electrons. The van der Waals surface area contributed by atoms with Crippen molar-refractivity contribution in [2.45, 2.75) is 25.9 Å². The molecule has 15 heavy (non-hydrogen) atoms. The highest BCUT2D eigenvalue weighted by Crippen LogP contribution is 2.28. The summed E-state index contributed by atoms with van der Waals surface area (Å²) in [6.45, 7) is 0.496. The summed E-state index contributed by atoms with van der Waals surface area (Å²) in [6, 6.07) is 4.25. The van der Waals surface area contributed by atoms with Crippen LogP contribution in [0.4, 0.5) is 4.39 Å². The van der Waals surface area contributed by atoms with Crippen LogP contribution < -0.4 is 4.74 Å². The van der Waals surface area contributed by atoms with E-state index in [1.54, 1.807) is 6.07 Å². The van der Waals surface area contributed by atoms with E-state index < -0.39 is 0 Å². The van der Waals surface area contributed by atoms with Gasteiger partial charge in [-0.2, -0.15) is 0 Å². The van der Waals surface area contributed by atoms with Crippen LogP contribution in [0.1, 0.15) is 24.8 Å². The predicted molar refractivity (Wildman–Crippen MR) is 55.2 cm³/mol. The SMILES string of the molecule is OCc1cc(F)ccc1OCC1CCC1. The van der Waals surface area contributed by atoms with Gasteiger partial charge in [-0.25, -0.2) is 4.39 Å². The Morgan fingerprint density at radius 3 is 2.80 bits per heavy atom. The second-order valence-corrected chi connectivity index (χ2v) is 4.02. The van der Waals surface area contributed by atoms with Crippen LogP contribution in [0.15, 0.2) is 18.2 Å². The summed E-state index contributed by atoms with van der Waals surface area (Å²) < 4.78 is 18.4. The Morgan fingerprint density at radius 2 is 2.20 bits per heavy atom. The lowest BCUT2D eigenvalue weighted by molar-refractivity contribution is 0.175. The van der Waals surface area contributed by atoms with Crippen molar-refractivity contribution in [2.75, 3.05) is 6.61 Å². The molecule has 0 bridgehead atoms. The van der Waals surface area contributed by atoms with Crippen LogP contribution in [-0.2, 0) is 6.61 Å². The lowest BCUT2D eigenvalue weighted by atomic mass is 9.86. The second kappa shape index (κ2) is 4.62. The highest BCUT2D eigenvalue weighted by atomic mass is 19.1. The molecule has 0 radical (unpaired) electrons. The van der Waals surface area contributed by atoms with Crippen molar-refractivity contribution < 1.29 is 14.2 Å². The van der Waals surface area contributed by atoms with Crippen molar-refractivity contribution in [1.82, 2.24) is 0 Å². The van der Waals surface area contributed by atoms with Gasteiger partial charge < -0.3 is 9.84 Å². The first-order valence-electron chi connectivity index (χ1n) is 5.31. The number of aliphatic hydroxyl groups excluding tert-OH is 1. The standard InChI is InChI=1S/C12H15FO2/c13-11-4-5-12(10(6-11)7-14)15-8-9-2-1-3-9/h4-6,9,14H,1-3,7-8H2. The molecule has 1 fully saturated rings. The zero-order valence-electron chi connectivity index (χ0n) is 8.58. The smallest absolute Gasteiger partial charge is 0.125 e. The summed E-state index contributed by atoms with van der Waals surface area (Å²) in [4.78, 5) is 0. The molecule has 2 nitrogen and oxygen atoms in total. The Labute approximate surface area is 88.7 Å². The molecule has 0 heterocycles. The van der Waals surface area contributed by atoms with Crippen molar-refractivity contribution in [3.63, 3.8) is 0 Å². The van der Waals surface area contributed by atoms with Gasteiger partial charge in [0.05, 0.1) is 13.2 Å². The van der Waals surface area contributed by atoms with Gasteiger partial charge in [0, 0.05) is 5.56 Å². The summed E-state index contributed by atoms with van der Waals surface area (Å²) in [7, 11) is 0. The number of halogens is 1. The van der Waals surface area contributed by atoms with E-state index in [1.807, 2.05) is 0 Å². The fraction of sp³-hybridized carbons (Fsp3) is 0.500. The largest absolute Gasteiger partial charge is 0.493 e. The normalized spacial score (nSPS) is 16.1. The van der Waals surface area contributed by atoms with Crippen molar-refractivity contribution in [2.24, 2.45) is 5.92 Å².